The van der Waals surface area contributed by atoms with Crippen LogP contribution in [0.15, 0.2) is 43.1 Å². The summed E-state index contributed by atoms with van der Waals surface area (Å²) in [6.45, 7) is 5.44. The number of rotatable bonds is 5. The van der Waals surface area contributed by atoms with E-state index in [-0.39, 0.29) is 11.9 Å². The first-order valence-electron chi connectivity index (χ1n) is 9.87. The second-order valence-corrected chi connectivity index (χ2v) is 8.08. The third-order valence-corrected chi connectivity index (χ3v) is 4.79. The van der Waals surface area contributed by atoms with E-state index in [1.807, 2.05) is 45.0 Å². The zero-order valence-corrected chi connectivity index (χ0v) is 18.4. The lowest BCUT2D eigenvalue weighted by Crippen LogP contribution is -2.28. The number of carbonyl (C=O) groups excluding carboxylic acids is 1. The molecule has 0 saturated heterocycles. The van der Waals surface area contributed by atoms with E-state index in [9.17, 15) is 4.79 Å². The van der Waals surface area contributed by atoms with Gasteiger partial charge in [-0.25, -0.2) is 14.6 Å². The largest absolute Gasteiger partial charge is 0.493 e. The van der Waals surface area contributed by atoms with Gasteiger partial charge in [-0.3, -0.25) is 10.1 Å². The van der Waals surface area contributed by atoms with Crippen LogP contribution in [0.4, 0.5) is 5.95 Å². The lowest BCUT2D eigenvalue weighted by atomic mass is 9.96. The number of nitrogens with zero attached hydrogens (tertiary/aromatic N) is 6. The summed E-state index contributed by atoms with van der Waals surface area (Å²) >= 11 is 0. The van der Waals surface area contributed by atoms with Crippen molar-refractivity contribution in [2.75, 3.05) is 19.5 Å². The number of aromatic nitrogens is 6. The van der Waals surface area contributed by atoms with Gasteiger partial charge in [-0.1, -0.05) is 26.8 Å². The molecule has 0 spiro atoms. The lowest BCUT2D eigenvalue weighted by Gasteiger charge is -2.17. The highest BCUT2D eigenvalue weighted by atomic mass is 16.5. The Labute approximate surface area is 184 Å². The molecule has 0 radical (unpaired) electrons. The maximum atomic E-state index is 12.5. The van der Waals surface area contributed by atoms with Gasteiger partial charge in [0.25, 0.3) is 0 Å². The first-order chi connectivity index (χ1) is 15.3. The Morgan fingerprint density at radius 3 is 2.47 bits per heavy atom. The number of hydrogen-bond donors (Lipinski definition) is 1. The topological polar surface area (TPSA) is 117 Å². The van der Waals surface area contributed by atoms with Crippen molar-refractivity contribution in [1.29, 1.82) is 0 Å². The van der Waals surface area contributed by atoms with Crippen molar-refractivity contribution in [2.45, 2.75) is 20.8 Å². The zero-order valence-electron chi connectivity index (χ0n) is 18.4. The van der Waals surface area contributed by atoms with Crippen molar-refractivity contribution >= 4 is 22.9 Å². The predicted molar refractivity (Wildman–Crippen MR) is 119 cm³/mol. The minimum Gasteiger partial charge on any atom is -0.493 e. The maximum Gasteiger partial charge on any atom is 0.233 e. The fraction of sp³-hybridized carbons (Fsp3) is 0.273. The Balaban J connectivity index is 1.85. The lowest BCUT2D eigenvalue weighted by molar-refractivity contribution is -0.123. The number of benzene rings is 1. The smallest absolute Gasteiger partial charge is 0.233 e. The van der Waals surface area contributed by atoms with Crippen LogP contribution in [-0.2, 0) is 4.79 Å². The Morgan fingerprint density at radius 1 is 1.03 bits per heavy atom. The maximum absolute atomic E-state index is 12.5. The summed E-state index contributed by atoms with van der Waals surface area (Å²) in [6.07, 6.45) is 4.64. The number of methoxy groups -OCH3 is 2. The average Bonchev–Trinajstić information content (AvgIpc) is 3.32. The van der Waals surface area contributed by atoms with E-state index < -0.39 is 5.41 Å². The molecule has 0 aliphatic heterocycles. The Kier molecular flexibility index (Phi) is 5.43. The van der Waals surface area contributed by atoms with Crippen LogP contribution >= 0.6 is 0 Å². The van der Waals surface area contributed by atoms with Gasteiger partial charge in [0.1, 0.15) is 12.7 Å². The van der Waals surface area contributed by atoms with Crippen LogP contribution in [0.2, 0.25) is 0 Å². The van der Waals surface area contributed by atoms with Crippen LogP contribution in [0.3, 0.4) is 0 Å². The molecule has 0 unspecified atom stereocenters. The van der Waals surface area contributed by atoms with Gasteiger partial charge in [0, 0.05) is 17.2 Å². The number of anilines is 1. The van der Waals surface area contributed by atoms with Crippen LogP contribution in [-0.4, -0.2) is 49.8 Å². The molecule has 0 bridgehead atoms. The second kappa shape index (κ2) is 8.22. The molecule has 4 aromatic rings. The number of nitrogens with one attached hydrogen (secondary N) is 1. The van der Waals surface area contributed by atoms with E-state index in [4.69, 9.17) is 9.47 Å². The molecule has 1 N–H and O–H groups in total. The molecule has 1 amide bonds. The van der Waals surface area contributed by atoms with Crippen LogP contribution in [0.25, 0.3) is 28.0 Å². The number of pyridine rings is 1. The predicted octanol–water partition coefficient (Wildman–Crippen LogP) is 3.27. The summed E-state index contributed by atoms with van der Waals surface area (Å²) < 4.78 is 12.2. The molecule has 0 fully saturated rings. The van der Waals surface area contributed by atoms with Gasteiger partial charge in [0.05, 0.1) is 19.6 Å². The van der Waals surface area contributed by atoms with Crippen LogP contribution in [0.5, 0.6) is 11.5 Å². The number of ether oxygens (including phenoxy) is 2. The SMILES string of the molecule is COc1ccc(-c2cnc3nc(NC(=O)C(C)(C)C)nc(-n4cncn4)c3c2)cc1OC. The van der Waals surface area contributed by atoms with E-state index in [0.29, 0.717) is 28.4 Å². The minimum absolute atomic E-state index is 0.147. The molecule has 0 aliphatic carbocycles. The number of hydrogen-bond acceptors (Lipinski definition) is 8. The molecule has 3 heterocycles. The highest BCUT2D eigenvalue weighted by Crippen LogP contribution is 2.33. The normalized spacial score (nSPS) is 11.4. The van der Waals surface area contributed by atoms with Gasteiger partial charge in [-0.2, -0.15) is 15.1 Å². The molecule has 164 valence electrons. The minimum atomic E-state index is -0.601. The van der Waals surface area contributed by atoms with Crippen LogP contribution in [0.1, 0.15) is 20.8 Å². The molecule has 0 aliphatic rings. The van der Waals surface area contributed by atoms with Crippen molar-refractivity contribution in [3.8, 4) is 28.4 Å². The van der Waals surface area contributed by atoms with E-state index in [1.165, 1.54) is 17.3 Å². The second-order valence-electron chi connectivity index (χ2n) is 8.08. The van der Waals surface area contributed by atoms with Gasteiger partial charge in [-0.15, -0.1) is 0 Å². The fourth-order valence-electron chi connectivity index (χ4n) is 3.01. The van der Waals surface area contributed by atoms with Crippen molar-refractivity contribution < 1.29 is 14.3 Å². The summed E-state index contributed by atoms with van der Waals surface area (Å²) in [7, 11) is 3.18. The summed E-state index contributed by atoms with van der Waals surface area (Å²) in [6, 6.07) is 7.53. The average molecular weight is 433 g/mol. The van der Waals surface area contributed by atoms with Gasteiger partial charge in [-0.05, 0) is 23.8 Å². The molecule has 3 aromatic heterocycles. The quantitative estimate of drug-likeness (QED) is 0.510. The van der Waals surface area contributed by atoms with Gasteiger partial charge >= 0.3 is 0 Å². The Bertz CT molecular complexity index is 1280. The molecule has 10 heteroatoms. The molecule has 4 rings (SSSR count). The number of carbonyl (C=O) groups is 1. The molecule has 1 aromatic carbocycles. The van der Waals surface area contributed by atoms with E-state index in [1.54, 1.807) is 20.4 Å². The van der Waals surface area contributed by atoms with Gasteiger partial charge < -0.3 is 9.47 Å². The number of fused-ring (bicyclic) bond motifs is 1. The van der Waals surface area contributed by atoms with E-state index in [0.717, 1.165) is 11.1 Å². The summed E-state index contributed by atoms with van der Waals surface area (Å²) in [5.41, 5.74) is 1.52. The molecule has 0 saturated carbocycles. The highest BCUT2D eigenvalue weighted by Gasteiger charge is 2.23. The molecule has 10 nitrogen and oxygen atoms in total. The highest BCUT2D eigenvalue weighted by molar-refractivity contribution is 5.95. The van der Waals surface area contributed by atoms with Crippen LogP contribution < -0.4 is 14.8 Å². The molecule has 0 atom stereocenters. The fourth-order valence-corrected chi connectivity index (χ4v) is 3.01. The van der Waals surface area contributed by atoms with Crippen LogP contribution in [0, 0.1) is 5.41 Å². The first-order valence-corrected chi connectivity index (χ1v) is 9.87. The standard InChI is InChI=1S/C22H23N7O3/c1-22(2,3)20(30)28-21-26-18-15(19(27-21)29-12-23-11-25-29)8-14(10-24-18)13-6-7-16(31-4)17(9-13)32-5/h6-12H,1-5H3,(H,24,26,27,28,30). The third kappa shape index (κ3) is 4.07. The molecular weight excluding hydrogens is 410 g/mol. The first kappa shape index (κ1) is 21.2. The van der Waals surface area contributed by atoms with Crippen molar-refractivity contribution in [2.24, 2.45) is 5.41 Å². The van der Waals surface area contributed by atoms with Crippen molar-refractivity contribution in [3.05, 3.63) is 43.1 Å². The van der Waals surface area contributed by atoms with E-state index >= 15 is 0 Å². The van der Waals surface area contributed by atoms with Crippen molar-refractivity contribution in [3.63, 3.8) is 0 Å². The Morgan fingerprint density at radius 2 is 1.81 bits per heavy atom. The number of amides is 1. The monoisotopic (exact) mass is 433 g/mol. The zero-order chi connectivity index (χ0) is 22.9. The van der Waals surface area contributed by atoms with Gasteiger partial charge in [0.2, 0.25) is 11.9 Å². The third-order valence-electron chi connectivity index (χ3n) is 4.79. The van der Waals surface area contributed by atoms with E-state index in [2.05, 4.69) is 30.4 Å². The van der Waals surface area contributed by atoms with Crippen molar-refractivity contribution in [1.82, 2.24) is 29.7 Å². The molecule has 32 heavy (non-hydrogen) atoms. The summed E-state index contributed by atoms with van der Waals surface area (Å²) in [4.78, 5) is 29.9. The summed E-state index contributed by atoms with van der Waals surface area (Å²) in [5, 5.41) is 7.60. The Hall–Kier alpha value is -4.08. The molecular formula is C22H23N7O3. The van der Waals surface area contributed by atoms with Gasteiger partial charge in [0.15, 0.2) is 23.0 Å². The summed E-state index contributed by atoms with van der Waals surface area (Å²) in [5.74, 6) is 1.64.